The summed E-state index contributed by atoms with van der Waals surface area (Å²) in [7, 11) is 3.61. The predicted octanol–water partition coefficient (Wildman–Crippen LogP) is 3.22. The summed E-state index contributed by atoms with van der Waals surface area (Å²) in [6.07, 6.45) is 1.99. The molecule has 1 aromatic carbocycles. The van der Waals surface area contributed by atoms with Gasteiger partial charge in [-0.3, -0.25) is 4.99 Å². The summed E-state index contributed by atoms with van der Waals surface area (Å²) in [5, 5.41) is 3.39. The van der Waals surface area contributed by atoms with Crippen molar-refractivity contribution in [2.75, 3.05) is 71.6 Å². The van der Waals surface area contributed by atoms with Crippen LogP contribution in [0.5, 0.6) is 0 Å². The van der Waals surface area contributed by atoms with E-state index in [1.54, 1.807) is 13.2 Å². The van der Waals surface area contributed by atoms with Crippen molar-refractivity contribution < 1.29 is 13.9 Å². The zero-order valence-electron chi connectivity index (χ0n) is 17.9. The maximum absolute atomic E-state index is 13.8. The van der Waals surface area contributed by atoms with Crippen LogP contribution in [0, 0.1) is 11.7 Å². The normalized spacial score (nSPS) is 16.6. The quantitative estimate of drug-likeness (QED) is 0.210. The van der Waals surface area contributed by atoms with Gasteiger partial charge >= 0.3 is 0 Å². The third-order valence-electron chi connectivity index (χ3n) is 4.88. The average Bonchev–Trinajstić information content (AvgIpc) is 3.16. The monoisotopic (exact) mass is 522 g/mol. The summed E-state index contributed by atoms with van der Waals surface area (Å²) in [5.41, 5.74) is 0.634. The molecule has 1 saturated heterocycles. The van der Waals surface area contributed by atoms with Crippen LogP contribution in [0.25, 0.3) is 0 Å². The summed E-state index contributed by atoms with van der Waals surface area (Å²) in [5.74, 6) is 1.32. The first-order valence-corrected chi connectivity index (χ1v) is 10.2. The Hall–Kier alpha value is -1.13. The summed E-state index contributed by atoms with van der Waals surface area (Å²) < 4.78 is 24.5. The molecule has 1 N–H and O–H groups in total. The molecule has 0 saturated carbocycles. The van der Waals surface area contributed by atoms with Crippen molar-refractivity contribution in [2.24, 2.45) is 10.9 Å². The summed E-state index contributed by atoms with van der Waals surface area (Å²) in [6, 6.07) is 6.88. The number of hydrogen-bond donors (Lipinski definition) is 1. The molecule has 1 heterocycles. The van der Waals surface area contributed by atoms with E-state index in [-0.39, 0.29) is 29.8 Å². The fourth-order valence-electron chi connectivity index (χ4n) is 3.35. The molecule has 1 fully saturated rings. The average molecular weight is 522 g/mol. The van der Waals surface area contributed by atoms with Crippen LogP contribution in [0.3, 0.4) is 0 Å². The maximum Gasteiger partial charge on any atom is 0.193 e. The molecule has 0 bridgehead atoms. The minimum Gasteiger partial charge on any atom is -0.382 e. The molecular formula is C21H36FIN4O2. The lowest BCUT2D eigenvalue weighted by molar-refractivity contribution is 0.0536. The SMILES string of the molecule is CCNC(=NCCCN(C)c1ccccc1F)N1CCC(COCCOC)C1.I. The Morgan fingerprint density at radius 1 is 1.34 bits per heavy atom. The molecule has 1 aliphatic rings. The van der Waals surface area contributed by atoms with E-state index in [2.05, 4.69) is 17.1 Å². The molecule has 0 amide bonds. The Bertz CT molecular complexity index is 606. The Kier molecular flexibility index (Phi) is 13.2. The number of ether oxygens (including phenoxy) is 2. The van der Waals surface area contributed by atoms with Crippen LogP contribution < -0.4 is 10.2 Å². The number of aliphatic imine (C=N–C) groups is 1. The first-order valence-electron chi connectivity index (χ1n) is 10.2. The fraction of sp³-hybridized carbons (Fsp3) is 0.667. The molecular weight excluding hydrogens is 486 g/mol. The van der Waals surface area contributed by atoms with Crippen LogP contribution in [0.2, 0.25) is 0 Å². The number of guanidine groups is 1. The van der Waals surface area contributed by atoms with Crippen LogP contribution in [0.15, 0.2) is 29.3 Å². The lowest BCUT2D eigenvalue weighted by Gasteiger charge is -2.22. The van der Waals surface area contributed by atoms with Gasteiger partial charge in [0.25, 0.3) is 0 Å². The number of benzene rings is 1. The van der Waals surface area contributed by atoms with E-state index < -0.39 is 0 Å². The molecule has 0 radical (unpaired) electrons. The second-order valence-electron chi connectivity index (χ2n) is 7.13. The smallest absolute Gasteiger partial charge is 0.193 e. The van der Waals surface area contributed by atoms with Gasteiger partial charge in [-0.1, -0.05) is 12.1 Å². The molecule has 1 aliphatic heterocycles. The van der Waals surface area contributed by atoms with Gasteiger partial charge in [-0.2, -0.15) is 0 Å². The van der Waals surface area contributed by atoms with E-state index >= 15 is 0 Å². The van der Waals surface area contributed by atoms with Gasteiger partial charge in [-0.05, 0) is 31.9 Å². The number of para-hydroxylation sites is 1. The Balaban J connectivity index is 0.00000420. The summed E-state index contributed by atoms with van der Waals surface area (Å²) in [6.45, 7) is 8.44. The van der Waals surface area contributed by atoms with E-state index in [4.69, 9.17) is 14.5 Å². The standard InChI is InChI=1S/C21H35FN4O2.HI/c1-4-23-21(26-13-10-18(16-26)17-28-15-14-27-3)24-11-7-12-25(2)20-9-6-5-8-19(20)22;/h5-6,8-9,18H,4,7,10-17H2,1-3H3,(H,23,24);1H. The minimum atomic E-state index is -0.183. The molecule has 1 atom stereocenters. The molecule has 0 aromatic heterocycles. The first-order chi connectivity index (χ1) is 13.7. The van der Waals surface area contributed by atoms with Gasteiger partial charge in [0.1, 0.15) is 5.82 Å². The van der Waals surface area contributed by atoms with Gasteiger partial charge in [-0.25, -0.2) is 4.39 Å². The van der Waals surface area contributed by atoms with Crippen molar-refractivity contribution in [1.29, 1.82) is 0 Å². The first kappa shape index (κ1) is 25.9. The van der Waals surface area contributed by atoms with Crippen LogP contribution in [0.1, 0.15) is 19.8 Å². The van der Waals surface area contributed by atoms with Crippen LogP contribution in [-0.4, -0.2) is 77.6 Å². The third-order valence-corrected chi connectivity index (χ3v) is 4.88. The molecule has 29 heavy (non-hydrogen) atoms. The number of rotatable bonds is 11. The minimum absolute atomic E-state index is 0. The van der Waals surface area contributed by atoms with Crippen molar-refractivity contribution in [2.45, 2.75) is 19.8 Å². The van der Waals surface area contributed by atoms with E-state index in [9.17, 15) is 4.39 Å². The molecule has 6 nitrogen and oxygen atoms in total. The molecule has 0 spiro atoms. The number of methoxy groups -OCH3 is 1. The van der Waals surface area contributed by atoms with Gasteiger partial charge in [0, 0.05) is 52.8 Å². The molecule has 166 valence electrons. The Morgan fingerprint density at radius 3 is 2.86 bits per heavy atom. The van der Waals surface area contributed by atoms with Gasteiger partial charge in [0.05, 0.1) is 25.5 Å². The van der Waals surface area contributed by atoms with Crippen LogP contribution >= 0.6 is 24.0 Å². The van der Waals surface area contributed by atoms with Crippen molar-refractivity contribution in [3.8, 4) is 0 Å². The second kappa shape index (κ2) is 14.8. The zero-order chi connectivity index (χ0) is 20.2. The highest BCUT2D eigenvalue weighted by atomic mass is 127. The highest BCUT2D eigenvalue weighted by Crippen LogP contribution is 2.18. The number of nitrogens with one attached hydrogen (secondary N) is 1. The molecule has 2 rings (SSSR count). The number of likely N-dealkylation sites (tertiary alicyclic amines) is 1. The van der Waals surface area contributed by atoms with E-state index in [0.717, 1.165) is 51.6 Å². The molecule has 8 heteroatoms. The highest BCUT2D eigenvalue weighted by Gasteiger charge is 2.24. The van der Waals surface area contributed by atoms with Crippen molar-refractivity contribution in [3.05, 3.63) is 30.1 Å². The van der Waals surface area contributed by atoms with Crippen molar-refractivity contribution in [3.63, 3.8) is 0 Å². The number of nitrogens with zero attached hydrogens (tertiary/aromatic N) is 3. The molecule has 1 unspecified atom stereocenters. The third kappa shape index (κ3) is 9.04. The molecule has 0 aliphatic carbocycles. The highest BCUT2D eigenvalue weighted by molar-refractivity contribution is 14.0. The van der Waals surface area contributed by atoms with Crippen molar-refractivity contribution in [1.82, 2.24) is 10.2 Å². The van der Waals surface area contributed by atoms with Crippen LogP contribution in [-0.2, 0) is 9.47 Å². The zero-order valence-corrected chi connectivity index (χ0v) is 20.2. The predicted molar refractivity (Wildman–Crippen MR) is 128 cm³/mol. The Labute approximate surface area is 191 Å². The maximum atomic E-state index is 13.8. The Morgan fingerprint density at radius 2 is 2.14 bits per heavy atom. The van der Waals surface area contributed by atoms with Crippen LogP contribution in [0.4, 0.5) is 10.1 Å². The van der Waals surface area contributed by atoms with Crippen molar-refractivity contribution >= 4 is 35.6 Å². The summed E-state index contributed by atoms with van der Waals surface area (Å²) >= 11 is 0. The lowest BCUT2D eigenvalue weighted by atomic mass is 10.1. The fourth-order valence-corrected chi connectivity index (χ4v) is 3.35. The van der Waals surface area contributed by atoms with E-state index in [1.165, 1.54) is 6.07 Å². The van der Waals surface area contributed by atoms with Gasteiger partial charge in [-0.15, -0.1) is 24.0 Å². The van der Waals surface area contributed by atoms with Gasteiger partial charge in [0.2, 0.25) is 0 Å². The van der Waals surface area contributed by atoms with E-state index in [1.807, 2.05) is 24.1 Å². The lowest BCUT2D eigenvalue weighted by Crippen LogP contribution is -2.40. The molecule has 1 aromatic rings. The van der Waals surface area contributed by atoms with E-state index in [0.29, 0.717) is 31.4 Å². The number of anilines is 1. The summed E-state index contributed by atoms with van der Waals surface area (Å²) in [4.78, 5) is 9.04. The number of hydrogen-bond acceptors (Lipinski definition) is 4. The van der Waals surface area contributed by atoms with Gasteiger partial charge in [0.15, 0.2) is 5.96 Å². The largest absolute Gasteiger partial charge is 0.382 e. The van der Waals surface area contributed by atoms with Gasteiger partial charge < -0.3 is 24.6 Å². The second-order valence-corrected chi connectivity index (χ2v) is 7.13. The number of halogens is 2. The topological polar surface area (TPSA) is 49.3 Å².